The van der Waals surface area contributed by atoms with Gasteiger partial charge in [0, 0.05) is 17.8 Å². The Morgan fingerprint density at radius 1 is 0.917 bits per heavy atom. The Balaban J connectivity index is 1.77. The first kappa shape index (κ1) is 24.5. The van der Waals surface area contributed by atoms with Gasteiger partial charge in [0.2, 0.25) is 0 Å². The SMILES string of the molecule is COc1ccc(C(=O)N(c2ccc(F)cc2)[C@@H](C(=O)NCc2ccccc2)c2ccco2)cc1OC. The van der Waals surface area contributed by atoms with E-state index in [1.54, 1.807) is 24.3 Å². The van der Waals surface area contributed by atoms with Gasteiger partial charge in [-0.15, -0.1) is 0 Å². The van der Waals surface area contributed by atoms with Crippen molar-refractivity contribution in [3.63, 3.8) is 0 Å². The third-order valence-electron chi connectivity index (χ3n) is 5.58. The number of carbonyl (C=O) groups excluding carboxylic acids is 2. The summed E-state index contributed by atoms with van der Waals surface area (Å²) in [4.78, 5) is 28.8. The van der Waals surface area contributed by atoms with E-state index in [9.17, 15) is 14.0 Å². The second-order valence-electron chi connectivity index (χ2n) is 7.84. The van der Waals surface area contributed by atoms with Gasteiger partial charge in [0.25, 0.3) is 11.8 Å². The second kappa shape index (κ2) is 11.2. The van der Waals surface area contributed by atoms with Crippen molar-refractivity contribution in [2.75, 3.05) is 19.1 Å². The van der Waals surface area contributed by atoms with E-state index < -0.39 is 23.7 Å². The van der Waals surface area contributed by atoms with Gasteiger partial charge in [-0.2, -0.15) is 0 Å². The maximum absolute atomic E-state index is 13.9. The van der Waals surface area contributed by atoms with Crippen LogP contribution in [0.5, 0.6) is 11.5 Å². The topological polar surface area (TPSA) is 81.0 Å². The van der Waals surface area contributed by atoms with Gasteiger partial charge in [0.15, 0.2) is 17.5 Å². The molecular formula is C28H25FN2O5. The summed E-state index contributed by atoms with van der Waals surface area (Å²) in [5.74, 6) is -0.402. The molecule has 1 aromatic heterocycles. The summed E-state index contributed by atoms with van der Waals surface area (Å²) >= 11 is 0. The van der Waals surface area contributed by atoms with Gasteiger partial charge >= 0.3 is 0 Å². The minimum Gasteiger partial charge on any atom is -0.493 e. The van der Waals surface area contributed by atoms with Crippen LogP contribution in [-0.4, -0.2) is 26.0 Å². The molecule has 1 N–H and O–H groups in total. The molecule has 0 aliphatic rings. The number of nitrogens with zero attached hydrogens (tertiary/aromatic N) is 1. The van der Waals surface area contributed by atoms with Crippen LogP contribution in [0, 0.1) is 5.82 Å². The smallest absolute Gasteiger partial charge is 0.259 e. The Morgan fingerprint density at radius 2 is 1.64 bits per heavy atom. The predicted molar refractivity (Wildman–Crippen MR) is 132 cm³/mol. The van der Waals surface area contributed by atoms with Crippen LogP contribution < -0.4 is 19.7 Å². The standard InChI is InChI=1S/C28H25FN2O5/c1-34-23-15-10-20(17-25(23)35-2)28(33)31(22-13-11-21(29)12-14-22)26(24-9-6-16-36-24)27(32)30-18-19-7-4-3-5-8-19/h3-17,26H,18H2,1-2H3,(H,30,32)/t26-/m1/s1. The number of amides is 2. The van der Waals surface area contributed by atoms with E-state index in [-0.39, 0.29) is 17.9 Å². The van der Waals surface area contributed by atoms with Crippen molar-refractivity contribution in [1.82, 2.24) is 5.32 Å². The highest BCUT2D eigenvalue weighted by Crippen LogP contribution is 2.33. The minimum atomic E-state index is -1.17. The number of anilines is 1. The molecule has 0 radical (unpaired) electrons. The number of benzene rings is 3. The number of hydrogen-bond donors (Lipinski definition) is 1. The number of hydrogen-bond acceptors (Lipinski definition) is 5. The van der Waals surface area contributed by atoms with Crippen LogP contribution in [0.4, 0.5) is 10.1 Å². The van der Waals surface area contributed by atoms with Crippen LogP contribution in [0.15, 0.2) is 95.6 Å². The Hall–Kier alpha value is -4.59. The predicted octanol–water partition coefficient (Wildman–Crippen LogP) is 5.14. The van der Waals surface area contributed by atoms with E-state index >= 15 is 0 Å². The third-order valence-corrected chi connectivity index (χ3v) is 5.58. The van der Waals surface area contributed by atoms with E-state index in [4.69, 9.17) is 13.9 Å². The van der Waals surface area contributed by atoms with Crippen LogP contribution in [0.25, 0.3) is 0 Å². The van der Waals surface area contributed by atoms with E-state index in [1.165, 1.54) is 55.7 Å². The molecule has 7 nitrogen and oxygen atoms in total. The normalized spacial score (nSPS) is 11.4. The van der Waals surface area contributed by atoms with E-state index in [2.05, 4.69) is 5.32 Å². The summed E-state index contributed by atoms with van der Waals surface area (Å²) in [6, 6.07) is 21.5. The number of methoxy groups -OCH3 is 2. The minimum absolute atomic E-state index is 0.240. The van der Waals surface area contributed by atoms with Gasteiger partial charge in [-0.25, -0.2) is 4.39 Å². The lowest BCUT2D eigenvalue weighted by atomic mass is 10.1. The fraction of sp³-hybridized carbons (Fsp3) is 0.143. The number of nitrogens with one attached hydrogen (secondary N) is 1. The molecule has 1 atom stereocenters. The Labute approximate surface area is 208 Å². The molecule has 3 aromatic carbocycles. The van der Waals surface area contributed by atoms with E-state index in [1.807, 2.05) is 30.3 Å². The Morgan fingerprint density at radius 3 is 2.28 bits per heavy atom. The van der Waals surface area contributed by atoms with Gasteiger partial charge in [-0.1, -0.05) is 30.3 Å². The molecule has 0 fully saturated rings. The van der Waals surface area contributed by atoms with Crippen molar-refractivity contribution in [1.29, 1.82) is 0 Å². The van der Waals surface area contributed by atoms with Crippen LogP contribution in [0.2, 0.25) is 0 Å². The highest BCUT2D eigenvalue weighted by atomic mass is 19.1. The highest BCUT2D eigenvalue weighted by Gasteiger charge is 2.35. The summed E-state index contributed by atoms with van der Waals surface area (Å²) < 4.78 is 30.0. The molecule has 0 saturated heterocycles. The van der Waals surface area contributed by atoms with Gasteiger partial charge < -0.3 is 19.2 Å². The molecule has 0 bridgehead atoms. The molecule has 8 heteroatoms. The first-order valence-electron chi connectivity index (χ1n) is 11.2. The molecular weight excluding hydrogens is 463 g/mol. The monoisotopic (exact) mass is 488 g/mol. The molecule has 0 saturated carbocycles. The second-order valence-corrected chi connectivity index (χ2v) is 7.84. The van der Waals surface area contributed by atoms with Crippen LogP contribution in [-0.2, 0) is 11.3 Å². The van der Waals surface area contributed by atoms with Crippen molar-refractivity contribution < 1.29 is 27.9 Å². The Kier molecular flexibility index (Phi) is 7.65. The quantitative estimate of drug-likeness (QED) is 0.353. The third kappa shape index (κ3) is 5.38. The average Bonchev–Trinajstić information content (AvgIpc) is 3.45. The summed E-state index contributed by atoms with van der Waals surface area (Å²) in [6.45, 7) is 0.249. The molecule has 4 rings (SSSR count). The number of furan rings is 1. The van der Waals surface area contributed by atoms with Crippen molar-refractivity contribution in [3.8, 4) is 11.5 Å². The summed E-state index contributed by atoms with van der Waals surface area (Å²) in [7, 11) is 2.96. The molecule has 184 valence electrons. The van der Waals surface area contributed by atoms with Crippen molar-refractivity contribution in [2.24, 2.45) is 0 Å². The molecule has 0 aliphatic carbocycles. The molecule has 0 aliphatic heterocycles. The fourth-order valence-corrected chi connectivity index (χ4v) is 3.80. The maximum atomic E-state index is 13.9. The lowest BCUT2D eigenvalue weighted by molar-refractivity contribution is -0.123. The van der Waals surface area contributed by atoms with E-state index in [0.29, 0.717) is 17.2 Å². The van der Waals surface area contributed by atoms with Crippen molar-refractivity contribution >= 4 is 17.5 Å². The van der Waals surface area contributed by atoms with Crippen LogP contribution >= 0.6 is 0 Å². The summed E-state index contributed by atoms with van der Waals surface area (Å²) in [5.41, 5.74) is 1.44. The Bertz CT molecular complexity index is 1310. The number of carbonyl (C=O) groups is 2. The van der Waals surface area contributed by atoms with Crippen molar-refractivity contribution in [2.45, 2.75) is 12.6 Å². The zero-order valence-corrected chi connectivity index (χ0v) is 19.8. The van der Waals surface area contributed by atoms with Crippen LogP contribution in [0.3, 0.4) is 0 Å². The zero-order chi connectivity index (χ0) is 25.5. The van der Waals surface area contributed by atoms with Crippen molar-refractivity contribution in [3.05, 3.63) is 114 Å². The van der Waals surface area contributed by atoms with Gasteiger partial charge in [0.1, 0.15) is 11.6 Å². The number of ether oxygens (including phenoxy) is 2. The first-order chi connectivity index (χ1) is 17.5. The summed E-state index contributed by atoms with van der Waals surface area (Å²) in [5, 5.41) is 2.88. The zero-order valence-electron chi connectivity index (χ0n) is 19.8. The number of rotatable bonds is 9. The summed E-state index contributed by atoms with van der Waals surface area (Å²) in [6.07, 6.45) is 1.43. The average molecular weight is 489 g/mol. The van der Waals surface area contributed by atoms with Gasteiger partial charge in [-0.05, 0) is 60.2 Å². The fourth-order valence-electron chi connectivity index (χ4n) is 3.80. The van der Waals surface area contributed by atoms with Gasteiger partial charge in [-0.3, -0.25) is 14.5 Å². The van der Waals surface area contributed by atoms with E-state index in [0.717, 1.165) is 5.56 Å². The molecule has 0 spiro atoms. The van der Waals surface area contributed by atoms with Gasteiger partial charge in [0.05, 0.1) is 20.5 Å². The molecule has 4 aromatic rings. The lowest BCUT2D eigenvalue weighted by Crippen LogP contribution is -2.43. The molecule has 2 amide bonds. The lowest BCUT2D eigenvalue weighted by Gasteiger charge is -2.30. The first-order valence-corrected chi connectivity index (χ1v) is 11.2. The maximum Gasteiger partial charge on any atom is 0.259 e. The molecule has 1 heterocycles. The molecule has 36 heavy (non-hydrogen) atoms. The van der Waals surface area contributed by atoms with Crippen LogP contribution in [0.1, 0.15) is 27.7 Å². The highest BCUT2D eigenvalue weighted by molar-refractivity contribution is 6.10. The number of halogens is 1. The largest absolute Gasteiger partial charge is 0.493 e. The molecule has 0 unspecified atom stereocenters.